The van der Waals surface area contributed by atoms with Gasteiger partial charge in [-0.1, -0.05) is 6.07 Å². The van der Waals surface area contributed by atoms with E-state index in [9.17, 15) is 9.18 Å². The molecular formula is C18H20FNO3. The molecule has 2 rings (SSSR count). The minimum atomic E-state index is -0.396. The fourth-order valence-corrected chi connectivity index (χ4v) is 2.27. The molecular weight excluding hydrogens is 297 g/mol. The normalized spacial score (nSPS) is 11.7. The Morgan fingerprint density at radius 3 is 2.48 bits per heavy atom. The fraction of sp³-hybridized carbons (Fsp3) is 0.278. The van der Waals surface area contributed by atoms with Crippen LogP contribution in [0.25, 0.3) is 0 Å². The Bertz CT molecular complexity index is 715. The summed E-state index contributed by atoms with van der Waals surface area (Å²) < 4.78 is 24.1. The van der Waals surface area contributed by atoms with E-state index in [2.05, 4.69) is 5.32 Å². The van der Waals surface area contributed by atoms with Gasteiger partial charge in [-0.15, -0.1) is 0 Å². The average molecular weight is 317 g/mol. The molecule has 2 aromatic carbocycles. The van der Waals surface area contributed by atoms with E-state index in [1.54, 1.807) is 45.4 Å². The highest BCUT2D eigenvalue weighted by molar-refractivity contribution is 5.94. The maximum Gasteiger partial charge on any atom is 0.251 e. The molecule has 0 aliphatic heterocycles. The van der Waals surface area contributed by atoms with Gasteiger partial charge >= 0.3 is 0 Å². The Labute approximate surface area is 135 Å². The molecule has 122 valence electrons. The van der Waals surface area contributed by atoms with Gasteiger partial charge in [-0.05, 0) is 43.7 Å². The number of rotatable bonds is 5. The number of methoxy groups -OCH3 is 2. The fourth-order valence-electron chi connectivity index (χ4n) is 2.27. The van der Waals surface area contributed by atoms with Crippen molar-refractivity contribution in [2.24, 2.45) is 0 Å². The molecule has 0 saturated heterocycles. The van der Waals surface area contributed by atoms with Crippen molar-refractivity contribution in [2.45, 2.75) is 19.9 Å². The van der Waals surface area contributed by atoms with E-state index in [-0.39, 0.29) is 17.5 Å². The van der Waals surface area contributed by atoms with Crippen LogP contribution in [0.15, 0.2) is 36.4 Å². The Balaban J connectivity index is 2.19. The van der Waals surface area contributed by atoms with E-state index in [4.69, 9.17) is 9.47 Å². The Hall–Kier alpha value is -2.56. The number of aryl methyl sites for hydroxylation is 1. The first-order valence-corrected chi connectivity index (χ1v) is 7.25. The molecule has 0 bridgehead atoms. The molecule has 23 heavy (non-hydrogen) atoms. The third-order valence-electron chi connectivity index (χ3n) is 3.69. The van der Waals surface area contributed by atoms with E-state index < -0.39 is 5.82 Å². The highest BCUT2D eigenvalue weighted by atomic mass is 19.1. The van der Waals surface area contributed by atoms with E-state index in [1.807, 2.05) is 13.0 Å². The number of halogens is 1. The first-order chi connectivity index (χ1) is 11.0. The molecule has 0 saturated carbocycles. The van der Waals surface area contributed by atoms with Gasteiger partial charge in [-0.2, -0.15) is 0 Å². The number of nitrogens with one attached hydrogen (secondary N) is 1. The predicted octanol–water partition coefficient (Wildman–Crippen LogP) is 3.64. The van der Waals surface area contributed by atoms with Gasteiger partial charge in [0.1, 0.15) is 17.3 Å². The van der Waals surface area contributed by atoms with E-state index in [0.29, 0.717) is 17.1 Å². The summed E-state index contributed by atoms with van der Waals surface area (Å²) in [7, 11) is 3.13. The zero-order chi connectivity index (χ0) is 17.0. The smallest absolute Gasteiger partial charge is 0.251 e. The second-order valence-electron chi connectivity index (χ2n) is 5.27. The van der Waals surface area contributed by atoms with Gasteiger partial charge in [0.05, 0.1) is 20.3 Å². The van der Waals surface area contributed by atoms with Gasteiger partial charge in [-0.3, -0.25) is 4.79 Å². The SMILES string of the molecule is COc1ccc(C(C)NC(=O)c2ccc(C)c(F)c2)c(OC)c1. The number of hydrogen-bond donors (Lipinski definition) is 1. The van der Waals surface area contributed by atoms with Crippen LogP contribution in [0.5, 0.6) is 11.5 Å². The standard InChI is InChI=1S/C18H20FNO3/c1-11-5-6-13(9-16(11)19)18(21)20-12(2)15-8-7-14(22-3)10-17(15)23-4/h5-10,12H,1-4H3,(H,20,21). The molecule has 0 spiro atoms. The molecule has 0 heterocycles. The zero-order valence-electron chi connectivity index (χ0n) is 13.6. The van der Waals surface area contributed by atoms with Gasteiger partial charge in [0.2, 0.25) is 0 Å². The highest BCUT2D eigenvalue weighted by Gasteiger charge is 2.16. The first kappa shape index (κ1) is 16.8. The Morgan fingerprint density at radius 2 is 1.87 bits per heavy atom. The van der Waals surface area contributed by atoms with Crippen molar-refractivity contribution < 1.29 is 18.7 Å². The summed E-state index contributed by atoms with van der Waals surface area (Å²) in [5, 5.41) is 2.84. The average Bonchev–Trinajstić information content (AvgIpc) is 2.56. The third kappa shape index (κ3) is 3.80. The minimum absolute atomic E-state index is 0.285. The summed E-state index contributed by atoms with van der Waals surface area (Å²) in [6.45, 7) is 3.49. The summed E-state index contributed by atoms with van der Waals surface area (Å²) in [4.78, 5) is 12.3. The van der Waals surface area contributed by atoms with Crippen molar-refractivity contribution in [3.8, 4) is 11.5 Å². The molecule has 1 N–H and O–H groups in total. The Morgan fingerprint density at radius 1 is 1.13 bits per heavy atom. The molecule has 0 aliphatic rings. The van der Waals surface area contributed by atoms with Crippen molar-refractivity contribution in [2.75, 3.05) is 14.2 Å². The van der Waals surface area contributed by atoms with Gasteiger partial charge in [0.15, 0.2) is 0 Å². The zero-order valence-corrected chi connectivity index (χ0v) is 13.6. The molecule has 0 aliphatic carbocycles. The quantitative estimate of drug-likeness (QED) is 0.916. The maximum absolute atomic E-state index is 13.6. The van der Waals surface area contributed by atoms with Crippen LogP contribution >= 0.6 is 0 Å². The number of carbonyl (C=O) groups is 1. The molecule has 0 aromatic heterocycles. The van der Waals surface area contributed by atoms with Crippen LogP contribution in [0.3, 0.4) is 0 Å². The molecule has 0 radical (unpaired) electrons. The maximum atomic E-state index is 13.6. The van der Waals surface area contributed by atoms with Crippen molar-refractivity contribution in [1.82, 2.24) is 5.32 Å². The second-order valence-corrected chi connectivity index (χ2v) is 5.27. The van der Waals surface area contributed by atoms with Crippen LogP contribution in [0.4, 0.5) is 4.39 Å². The monoisotopic (exact) mass is 317 g/mol. The lowest BCUT2D eigenvalue weighted by Gasteiger charge is -2.18. The molecule has 0 fully saturated rings. The number of ether oxygens (including phenoxy) is 2. The Kier molecular flexibility index (Phi) is 5.21. The summed E-state index contributed by atoms with van der Waals surface area (Å²) >= 11 is 0. The number of carbonyl (C=O) groups excluding carboxylic acids is 1. The van der Waals surface area contributed by atoms with Gasteiger partial charge < -0.3 is 14.8 Å². The van der Waals surface area contributed by atoms with Crippen molar-refractivity contribution in [1.29, 1.82) is 0 Å². The lowest BCUT2D eigenvalue weighted by atomic mass is 10.1. The second kappa shape index (κ2) is 7.13. The number of hydrogen-bond acceptors (Lipinski definition) is 3. The first-order valence-electron chi connectivity index (χ1n) is 7.25. The van der Waals surface area contributed by atoms with Gasteiger partial charge in [0.25, 0.3) is 5.91 Å². The highest BCUT2D eigenvalue weighted by Crippen LogP contribution is 2.29. The summed E-state index contributed by atoms with van der Waals surface area (Å²) in [5.41, 5.74) is 1.60. The van der Waals surface area contributed by atoms with E-state index in [0.717, 1.165) is 5.56 Å². The predicted molar refractivity (Wildman–Crippen MR) is 86.6 cm³/mol. The topological polar surface area (TPSA) is 47.6 Å². The third-order valence-corrected chi connectivity index (χ3v) is 3.69. The number of amides is 1. The summed E-state index contributed by atoms with van der Waals surface area (Å²) in [5.74, 6) is 0.554. The molecule has 2 aromatic rings. The number of benzene rings is 2. The molecule has 1 unspecified atom stereocenters. The van der Waals surface area contributed by atoms with Crippen molar-refractivity contribution in [3.05, 3.63) is 58.9 Å². The van der Waals surface area contributed by atoms with Crippen molar-refractivity contribution in [3.63, 3.8) is 0 Å². The largest absolute Gasteiger partial charge is 0.497 e. The summed E-state index contributed by atoms with van der Waals surface area (Å²) in [6.07, 6.45) is 0. The van der Waals surface area contributed by atoms with Gasteiger partial charge in [0, 0.05) is 17.2 Å². The van der Waals surface area contributed by atoms with Crippen LogP contribution in [0.1, 0.15) is 34.5 Å². The minimum Gasteiger partial charge on any atom is -0.497 e. The van der Waals surface area contributed by atoms with Crippen LogP contribution in [0, 0.1) is 12.7 Å². The lowest BCUT2D eigenvalue weighted by Crippen LogP contribution is -2.27. The molecule has 1 amide bonds. The van der Waals surface area contributed by atoms with Crippen LogP contribution < -0.4 is 14.8 Å². The van der Waals surface area contributed by atoms with E-state index in [1.165, 1.54) is 6.07 Å². The van der Waals surface area contributed by atoms with Crippen LogP contribution in [-0.2, 0) is 0 Å². The van der Waals surface area contributed by atoms with Crippen molar-refractivity contribution >= 4 is 5.91 Å². The summed E-state index contributed by atoms with van der Waals surface area (Å²) in [6, 6.07) is 9.51. The molecule has 5 heteroatoms. The lowest BCUT2D eigenvalue weighted by molar-refractivity contribution is 0.0939. The molecule has 4 nitrogen and oxygen atoms in total. The van der Waals surface area contributed by atoms with E-state index >= 15 is 0 Å². The van der Waals surface area contributed by atoms with Crippen LogP contribution in [-0.4, -0.2) is 20.1 Å². The van der Waals surface area contributed by atoms with Gasteiger partial charge in [-0.25, -0.2) is 4.39 Å². The molecule has 1 atom stereocenters. The van der Waals surface area contributed by atoms with Crippen LogP contribution in [0.2, 0.25) is 0 Å².